The zero-order valence-electron chi connectivity index (χ0n) is 15.0. The zero-order valence-corrected chi connectivity index (χ0v) is 15.0. The molecule has 0 aliphatic heterocycles. The summed E-state index contributed by atoms with van der Waals surface area (Å²) in [4.78, 5) is 12.5. The summed E-state index contributed by atoms with van der Waals surface area (Å²) >= 11 is 0. The average Bonchev–Trinajstić information content (AvgIpc) is 2.59. The van der Waals surface area contributed by atoms with Crippen LogP contribution in [0.15, 0.2) is 60.7 Å². The molecule has 0 aromatic heterocycles. The highest BCUT2D eigenvalue weighted by Crippen LogP contribution is 2.20. The van der Waals surface area contributed by atoms with Crippen LogP contribution >= 0.6 is 0 Å². The van der Waals surface area contributed by atoms with Gasteiger partial charge in [0, 0.05) is 17.3 Å². The van der Waals surface area contributed by atoms with Crippen molar-refractivity contribution in [3.63, 3.8) is 0 Å². The Morgan fingerprint density at radius 2 is 1.76 bits per heavy atom. The van der Waals surface area contributed by atoms with E-state index in [0.717, 1.165) is 5.57 Å². The van der Waals surface area contributed by atoms with Crippen LogP contribution in [0, 0.1) is 5.92 Å². The number of hydrogen-bond donors (Lipinski definition) is 1. The molecule has 0 bridgehead atoms. The fraction of sp³-hybridized carbons (Fsp3) is 0.286. The van der Waals surface area contributed by atoms with Gasteiger partial charge in [0.05, 0.1) is 6.61 Å². The van der Waals surface area contributed by atoms with Gasteiger partial charge in [-0.25, -0.2) is 0 Å². The minimum atomic E-state index is -0.188. The minimum Gasteiger partial charge on any atom is -0.493 e. The molecule has 0 radical (unpaired) electrons. The maximum Gasteiger partial charge on any atom is 0.255 e. The average molecular weight is 339 g/mol. The second-order valence-electron chi connectivity index (χ2n) is 6.46. The van der Waals surface area contributed by atoms with Gasteiger partial charge < -0.3 is 14.8 Å². The predicted octanol–water partition coefficient (Wildman–Crippen LogP) is 4.93. The number of anilines is 1. The van der Waals surface area contributed by atoms with Gasteiger partial charge in [-0.2, -0.15) is 0 Å². The Morgan fingerprint density at radius 1 is 1.08 bits per heavy atom. The highest BCUT2D eigenvalue weighted by atomic mass is 16.5. The number of ether oxygens (including phenoxy) is 2. The van der Waals surface area contributed by atoms with Crippen LogP contribution in [0.3, 0.4) is 0 Å². The lowest BCUT2D eigenvalue weighted by Gasteiger charge is -2.11. The molecule has 1 amide bonds. The summed E-state index contributed by atoms with van der Waals surface area (Å²) in [7, 11) is 0. The Kier molecular flexibility index (Phi) is 6.63. The molecule has 0 saturated heterocycles. The van der Waals surface area contributed by atoms with E-state index in [2.05, 4.69) is 25.7 Å². The summed E-state index contributed by atoms with van der Waals surface area (Å²) in [5.74, 6) is 1.63. The van der Waals surface area contributed by atoms with E-state index in [1.807, 2.05) is 37.3 Å². The number of benzene rings is 2. The highest BCUT2D eigenvalue weighted by Gasteiger charge is 2.08. The molecule has 0 spiro atoms. The van der Waals surface area contributed by atoms with Crippen molar-refractivity contribution in [2.24, 2.45) is 5.92 Å². The molecule has 4 heteroatoms. The van der Waals surface area contributed by atoms with Gasteiger partial charge in [-0.1, -0.05) is 32.6 Å². The molecule has 0 unspecified atom stereocenters. The topological polar surface area (TPSA) is 47.6 Å². The van der Waals surface area contributed by atoms with Crippen molar-refractivity contribution in [2.75, 3.05) is 18.5 Å². The van der Waals surface area contributed by atoms with E-state index in [9.17, 15) is 4.79 Å². The monoisotopic (exact) mass is 339 g/mol. The van der Waals surface area contributed by atoms with E-state index in [1.165, 1.54) is 0 Å². The summed E-state index contributed by atoms with van der Waals surface area (Å²) in [5.41, 5.74) is 2.17. The van der Waals surface area contributed by atoms with Gasteiger partial charge in [-0.3, -0.25) is 4.79 Å². The second kappa shape index (κ2) is 8.92. The van der Waals surface area contributed by atoms with Crippen LogP contribution in [0.25, 0.3) is 0 Å². The van der Waals surface area contributed by atoms with Crippen molar-refractivity contribution in [3.8, 4) is 11.5 Å². The first-order chi connectivity index (χ1) is 11.9. The van der Waals surface area contributed by atoms with Gasteiger partial charge >= 0.3 is 0 Å². The Bertz CT molecular complexity index is 737. The number of carbonyl (C=O) groups is 1. The van der Waals surface area contributed by atoms with E-state index in [4.69, 9.17) is 9.47 Å². The maximum absolute atomic E-state index is 12.5. The number of amides is 1. The predicted molar refractivity (Wildman–Crippen MR) is 101 cm³/mol. The third kappa shape index (κ3) is 6.34. The molecule has 0 saturated carbocycles. The van der Waals surface area contributed by atoms with Crippen LogP contribution in [0.1, 0.15) is 31.1 Å². The van der Waals surface area contributed by atoms with Gasteiger partial charge in [-0.05, 0) is 48.7 Å². The van der Waals surface area contributed by atoms with Crippen molar-refractivity contribution < 1.29 is 14.3 Å². The summed E-state index contributed by atoms with van der Waals surface area (Å²) in [6, 6.07) is 14.5. The van der Waals surface area contributed by atoms with E-state index in [-0.39, 0.29) is 5.91 Å². The number of hydrogen-bond acceptors (Lipinski definition) is 3. The summed E-state index contributed by atoms with van der Waals surface area (Å²) in [6.07, 6.45) is 0. The fourth-order valence-electron chi connectivity index (χ4n) is 2.06. The van der Waals surface area contributed by atoms with Crippen molar-refractivity contribution in [3.05, 3.63) is 66.2 Å². The van der Waals surface area contributed by atoms with Crippen LogP contribution < -0.4 is 14.8 Å². The van der Waals surface area contributed by atoms with Crippen molar-refractivity contribution in [1.29, 1.82) is 0 Å². The van der Waals surface area contributed by atoms with Gasteiger partial charge in [0.15, 0.2) is 0 Å². The summed E-state index contributed by atoms with van der Waals surface area (Å²) in [5, 5.41) is 2.88. The first kappa shape index (κ1) is 18.6. The largest absolute Gasteiger partial charge is 0.493 e. The van der Waals surface area contributed by atoms with Crippen LogP contribution in [-0.2, 0) is 0 Å². The summed E-state index contributed by atoms with van der Waals surface area (Å²) < 4.78 is 11.3. The standard InChI is InChI=1S/C21H25NO3/c1-15(2)13-24-19-9-5-7-17(11-19)21(23)22-18-8-6-10-20(12-18)25-14-16(3)4/h5-12,15H,3,13-14H2,1-2,4H3,(H,22,23). The fourth-order valence-corrected chi connectivity index (χ4v) is 2.06. The van der Waals surface area contributed by atoms with Crippen molar-refractivity contribution >= 4 is 11.6 Å². The van der Waals surface area contributed by atoms with Crippen molar-refractivity contribution in [2.45, 2.75) is 20.8 Å². The molecule has 0 heterocycles. The molecule has 0 aliphatic rings. The highest BCUT2D eigenvalue weighted by molar-refractivity contribution is 6.04. The van der Waals surface area contributed by atoms with E-state index in [0.29, 0.717) is 41.9 Å². The van der Waals surface area contributed by atoms with Crippen LogP contribution in [0.4, 0.5) is 5.69 Å². The SMILES string of the molecule is C=C(C)COc1cccc(NC(=O)c2cccc(OCC(C)C)c2)c1. The van der Waals surface area contributed by atoms with Crippen LogP contribution in [-0.4, -0.2) is 19.1 Å². The maximum atomic E-state index is 12.5. The second-order valence-corrected chi connectivity index (χ2v) is 6.46. The summed E-state index contributed by atoms with van der Waals surface area (Å²) in [6.45, 7) is 10.9. The van der Waals surface area contributed by atoms with Crippen LogP contribution in [0.5, 0.6) is 11.5 Å². The Balaban J connectivity index is 2.03. The molecule has 4 nitrogen and oxygen atoms in total. The zero-order chi connectivity index (χ0) is 18.2. The molecule has 2 rings (SSSR count). The molecule has 1 N–H and O–H groups in total. The Morgan fingerprint density at radius 3 is 2.44 bits per heavy atom. The first-order valence-corrected chi connectivity index (χ1v) is 8.35. The first-order valence-electron chi connectivity index (χ1n) is 8.35. The molecule has 0 atom stereocenters. The lowest BCUT2D eigenvalue weighted by atomic mass is 10.2. The molecular weight excluding hydrogens is 314 g/mol. The smallest absolute Gasteiger partial charge is 0.255 e. The van der Waals surface area contributed by atoms with Crippen molar-refractivity contribution in [1.82, 2.24) is 0 Å². The molecule has 132 valence electrons. The minimum absolute atomic E-state index is 0.188. The van der Waals surface area contributed by atoms with Gasteiger partial charge in [0.1, 0.15) is 18.1 Å². The Labute approximate surface area is 149 Å². The molecule has 2 aromatic rings. The van der Waals surface area contributed by atoms with E-state index < -0.39 is 0 Å². The third-order valence-corrected chi connectivity index (χ3v) is 3.26. The van der Waals surface area contributed by atoms with Gasteiger partial charge in [-0.15, -0.1) is 0 Å². The molecule has 0 aliphatic carbocycles. The van der Waals surface area contributed by atoms with Gasteiger partial charge in [0.25, 0.3) is 5.91 Å². The normalized spacial score (nSPS) is 10.4. The molecular formula is C21H25NO3. The molecule has 25 heavy (non-hydrogen) atoms. The van der Waals surface area contributed by atoms with Gasteiger partial charge in [0.2, 0.25) is 0 Å². The Hall–Kier alpha value is -2.75. The van der Waals surface area contributed by atoms with E-state index >= 15 is 0 Å². The number of nitrogens with one attached hydrogen (secondary N) is 1. The van der Waals surface area contributed by atoms with Crippen LogP contribution in [0.2, 0.25) is 0 Å². The number of carbonyl (C=O) groups excluding carboxylic acids is 1. The van der Waals surface area contributed by atoms with E-state index in [1.54, 1.807) is 18.2 Å². The molecule has 2 aromatic carbocycles. The third-order valence-electron chi connectivity index (χ3n) is 3.26. The lowest BCUT2D eigenvalue weighted by molar-refractivity contribution is 0.102. The lowest BCUT2D eigenvalue weighted by Crippen LogP contribution is -2.12. The quantitative estimate of drug-likeness (QED) is 0.694. The number of rotatable bonds is 8. The molecule has 0 fully saturated rings.